The molecule has 4 rings (SSSR count). The Kier molecular flexibility index (Phi) is 5.86. The zero-order valence-electron chi connectivity index (χ0n) is 17.5. The first kappa shape index (κ1) is 21.7. The summed E-state index contributed by atoms with van der Waals surface area (Å²) in [5, 5.41) is 22.2. The molecule has 1 unspecified atom stereocenters. The van der Waals surface area contributed by atoms with Crippen LogP contribution >= 0.6 is 0 Å². The van der Waals surface area contributed by atoms with E-state index in [2.05, 4.69) is 4.98 Å². The number of nitro groups is 1. The summed E-state index contributed by atoms with van der Waals surface area (Å²) in [6, 6.07) is 14.5. The van der Waals surface area contributed by atoms with Gasteiger partial charge >= 0.3 is 0 Å². The topological polar surface area (TPSA) is 123 Å². The van der Waals surface area contributed by atoms with Crippen LogP contribution in [0.1, 0.15) is 22.7 Å². The van der Waals surface area contributed by atoms with E-state index in [1.807, 2.05) is 0 Å². The number of nitro benzene ring substituents is 1. The quantitative estimate of drug-likeness (QED) is 0.202. The number of hydrogen-bond acceptors (Lipinski definition) is 7. The molecule has 3 aromatic rings. The molecule has 33 heavy (non-hydrogen) atoms. The zero-order valence-corrected chi connectivity index (χ0v) is 17.5. The van der Waals surface area contributed by atoms with Gasteiger partial charge in [0.2, 0.25) is 0 Å². The molecule has 1 fully saturated rings. The molecule has 0 radical (unpaired) electrons. The minimum atomic E-state index is -0.940. The van der Waals surface area contributed by atoms with Gasteiger partial charge in [-0.05, 0) is 47.5 Å². The number of amides is 1. The molecule has 0 bridgehead atoms. The number of likely N-dealkylation sites (tertiary alicyclic amines) is 1. The van der Waals surface area contributed by atoms with E-state index in [0.29, 0.717) is 16.9 Å². The van der Waals surface area contributed by atoms with Crippen LogP contribution < -0.4 is 4.74 Å². The third-order valence-corrected chi connectivity index (χ3v) is 5.41. The molecule has 2 heterocycles. The molecule has 1 saturated heterocycles. The van der Waals surface area contributed by atoms with Crippen molar-refractivity contribution in [1.82, 2.24) is 9.88 Å². The highest BCUT2D eigenvalue weighted by Gasteiger charge is 2.46. The smallest absolute Gasteiger partial charge is 0.295 e. The molecule has 1 atom stereocenters. The van der Waals surface area contributed by atoms with Gasteiger partial charge in [-0.15, -0.1) is 0 Å². The van der Waals surface area contributed by atoms with Gasteiger partial charge in [0.1, 0.15) is 11.5 Å². The SMILES string of the molecule is COc1cccc(/C(O)=C2\C(=O)C(=O)N(Cc3ccncc3)C2c2ccc([N+](=O)[O-])cc2)c1. The molecule has 9 heteroatoms. The second-order valence-electron chi connectivity index (χ2n) is 7.36. The highest BCUT2D eigenvalue weighted by atomic mass is 16.6. The summed E-state index contributed by atoms with van der Waals surface area (Å²) in [4.78, 5) is 41.9. The lowest BCUT2D eigenvalue weighted by molar-refractivity contribution is -0.384. The number of aliphatic hydroxyl groups is 1. The molecule has 1 N–H and O–H groups in total. The lowest BCUT2D eigenvalue weighted by Crippen LogP contribution is -2.29. The number of methoxy groups -OCH3 is 1. The van der Waals surface area contributed by atoms with Crippen molar-refractivity contribution in [3.63, 3.8) is 0 Å². The maximum absolute atomic E-state index is 13.1. The first-order valence-corrected chi connectivity index (χ1v) is 9.97. The van der Waals surface area contributed by atoms with Crippen LogP contribution in [0.25, 0.3) is 5.76 Å². The number of benzene rings is 2. The Morgan fingerprint density at radius 2 is 1.82 bits per heavy atom. The van der Waals surface area contributed by atoms with Crippen molar-refractivity contribution in [3.05, 3.63) is 105 Å². The van der Waals surface area contributed by atoms with E-state index in [9.17, 15) is 24.8 Å². The van der Waals surface area contributed by atoms with Crippen LogP contribution in [0.5, 0.6) is 5.75 Å². The number of ether oxygens (including phenoxy) is 1. The van der Waals surface area contributed by atoms with Gasteiger partial charge < -0.3 is 14.7 Å². The van der Waals surface area contributed by atoms with Crippen LogP contribution in [0.3, 0.4) is 0 Å². The third kappa shape index (κ3) is 4.16. The molecule has 1 aromatic heterocycles. The predicted molar refractivity (Wildman–Crippen MR) is 118 cm³/mol. The lowest BCUT2D eigenvalue weighted by atomic mass is 9.95. The van der Waals surface area contributed by atoms with Gasteiger partial charge in [-0.3, -0.25) is 24.7 Å². The van der Waals surface area contributed by atoms with Gasteiger partial charge in [0.25, 0.3) is 17.4 Å². The van der Waals surface area contributed by atoms with E-state index in [1.54, 1.807) is 48.8 Å². The standard InChI is InChI=1S/C24H19N3O6/c1-33-19-4-2-3-17(13-19)22(28)20-21(16-5-7-18(8-6-16)27(31)32)26(24(30)23(20)29)14-15-9-11-25-12-10-15/h2-13,21,28H,14H2,1H3/b22-20+. The number of carbonyl (C=O) groups excluding carboxylic acids is 2. The highest BCUT2D eigenvalue weighted by molar-refractivity contribution is 6.46. The average Bonchev–Trinajstić information content (AvgIpc) is 3.09. The van der Waals surface area contributed by atoms with E-state index in [4.69, 9.17) is 4.74 Å². The number of nitrogens with zero attached hydrogens (tertiary/aromatic N) is 3. The lowest BCUT2D eigenvalue weighted by Gasteiger charge is -2.25. The minimum Gasteiger partial charge on any atom is -0.507 e. The molecular formula is C24H19N3O6. The number of aliphatic hydroxyl groups excluding tert-OH is 1. The summed E-state index contributed by atoms with van der Waals surface area (Å²) in [6.45, 7) is 0.0869. The van der Waals surface area contributed by atoms with Crippen molar-refractivity contribution >= 4 is 23.1 Å². The van der Waals surface area contributed by atoms with E-state index < -0.39 is 22.7 Å². The molecule has 1 aliphatic heterocycles. The number of hydrogen-bond donors (Lipinski definition) is 1. The van der Waals surface area contributed by atoms with Crippen molar-refractivity contribution in [2.24, 2.45) is 0 Å². The Labute approximate surface area is 188 Å². The van der Waals surface area contributed by atoms with Gasteiger partial charge in [-0.2, -0.15) is 0 Å². The second kappa shape index (κ2) is 8.91. The Morgan fingerprint density at radius 1 is 1.12 bits per heavy atom. The molecule has 1 amide bonds. The molecule has 0 spiro atoms. The summed E-state index contributed by atoms with van der Waals surface area (Å²) in [5.41, 5.74) is 1.27. The maximum atomic E-state index is 13.1. The van der Waals surface area contributed by atoms with Crippen molar-refractivity contribution < 1.29 is 24.4 Å². The Morgan fingerprint density at radius 3 is 2.45 bits per heavy atom. The third-order valence-electron chi connectivity index (χ3n) is 5.41. The summed E-state index contributed by atoms with van der Waals surface area (Å²) in [5.74, 6) is -1.50. The van der Waals surface area contributed by atoms with Crippen LogP contribution in [0.4, 0.5) is 5.69 Å². The van der Waals surface area contributed by atoms with E-state index in [0.717, 1.165) is 5.56 Å². The summed E-state index contributed by atoms with van der Waals surface area (Å²) < 4.78 is 5.20. The molecule has 0 saturated carbocycles. The molecule has 0 aliphatic carbocycles. The van der Waals surface area contributed by atoms with Crippen molar-refractivity contribution in [2.45, 2.75) is 12.6 Å². The molecule has 2 aromatic carbocycles. The Bertz CT molecular complexity index is 1250. The number of pyridine rings is 1. The van der Waals surface area contributed by atoms with Crippen LogP contribution in [0.15, 0.2) is 78.6 Å². The minimum absolute atomic E-state index is 0.0869. The zero-order chi connectivity index (χ0) is 23.5. The molecule has 166 valence electrons. The number of ketones is 1. The van der Waals surface area contributed by atoms with Crippen LogP contribution in [0, 0.1) is 10.1 Å². The second-order valence-corrected chi connectivity index (χ2v) is 7.36. The number of carbonyl (C=O) groups is 2. The average molecular weight is 445 g/mol. The first-order valence-electron chi connectivity index (χ1n) is 9.97. The number of rotatable bonds is 6. The Balaban J connectivity index is 1.86. The summed E-state index contributed by atoms with van der Waals surface area (Å²) in [6.07, 6.45) is 3.14. The van der Waals surface area contributed by atoms with Crippen molar-refractivity contribution in [3.8, 4) is 5.75 Å². The Hall–Kier alpha value is -4.53. The monoisotopic (exact) mass is 445 g/mol. The van der Waals surface area contributed by atoms with E-state index in [1.165, 1.54) is 36.3 Å². The van der Waals surface area contributed by atoms with Crippen LogP contribution in [0.2, 0.25) is 0 Å². The highest BCUT2D eigenvalue weighted by Crippen LogP contribution is 2.40. The summed E-state index contributed by atoms with van der Waals surface area (Å²) >= 11 is 0. The fourth-order valence-electron chi connectivity index (χ4n) is 3.78. The number of aromatic nitrogens is 1. The van der Waals surface area contributed by atoms with Gasteiger partial charge in [-0.25, -0.2) is 0 Å². The van der Waals surface area contributed by atoms with Gasteiger partial charge in [0.05, 0.1) is 23.6 Å². The van der Waals surface area contributed by atoms with E-state index in [-0.39, 0.29) is 23.6 Å². The maximum Gasteiger partial charge on any atom is 0.295 e. The van der Waals surface area contributed by atoms with Gasteiger partial charge in [0.15, 0.2) is 0 Å². The van der Waals surface area contributed by atoms with Crippen molar-refractivity contribution in [2.75, 3.05) is 7.11 Å². The predicted octanol–water partition coefficient (Wildman–Crippen LogP) is 3.62. The van der Waals surface area contributed by atoms with Gasteiger partial charge in [0, 0.05) is 36.6 Å². The van der Waals surface area contributed by atoms with Crippen LogP contribution in [-0.2, 0) is 16.1 Å². The molecular weight excluding hydrogens is 426 g/mol. The van der Waals surface area contributed by atoms with Crippen LogP contribution in [-0.4, -0.2) is 38.7 Å². The number of non-ortho nitro benzene ring substituents is 1. The first-order chi connectivity index (χ1) is 15.9. The van der Waals surface area contributed by atoms with Crippen molar-refractivity contribution in [1.29, 1.82) is 0 Å². The number of Topliss-reactive ketones (excluding diaryl/α,β-unsaturated/α-hetero) is 1. The summed E-state index contributed by atoms with van der Waals surface area (Å²) in [7, 11) is 1.48. The fourth-order valence-corrected chi connectivity index (χ4v) is 3.78. The normalized spacial score (nSPS) is 17.2. The molecule has 1 aliphatic rings. The fraction of sp³-hybridized carbons (Fsp3) is 0.125. The van der Waals surface area contributed by atoms with E-state index >= 15 is 0 Å². The molecule has 9 nitrogen and oxygen atoms in total. The van der Waals surface area contributed by atoms with Gasteiger partial charge in [-0.1, -0.05) is 12.1 Å². The largest absolute Gasteiger partial charge is 0.507 e.